The van der Waals surface area contributed by atoms with Gasteiger partial charge in [-0.25, -0.2) is 0 Å². The van der Waals surface area contributed by atoms with Crippen molar-refractivity contribution in [3.05, 3.63) is 41.3 Å². The summed E-state index contributed by atoms with van der Waals surface area (Å²) in [5.41, 5.74) is -5.81. The summed E-state index contributed by atoms with van der Waals surface area (Å²) in [6.07, 6.45) is 2.11. The fraction of sp³-hybridized carbons (Fsp3) is 0.450. The largest absolute Gasteiger partial charge is 0.516 e. The second-order valence-electron chi connectivity index (χ2n) is 7.88. The zero-order valence-corrected chi connectivity index (χ0v) is 18.7. The summed E-state index contributed by atoms with van der Waals surface area (Å²) in [6, 6.07) is 8.79. The summed E-state index contributed by atoms with van der Waals surface area (Å²) in [6.45, 7) is 4.21. The smallest absolute Gasteiger partial charge is 0.444 e. The number of benzene rings is 1. The highest BCUT2D eigenvalue weighted by Gasteiger charge is 2.46. The summed E-state index contributed by atoms with van der Waals surface area (Å²) in [7, 11) is -5.59. The van der Waals surface area contributed by atoms with Crippen molar-refractivity contribution in [2.75, 3.05) is 17.8 Å². The molecule has 3 saturated heterocycles. The number of alkyl halides is 3. The van der Waals surface area contributed by atoms with Gasteiger partial charge in [0.1, 0.15) is 0 Å². The lowest BCUT2D eigenvalue weighted by atomic mass is 9.79. The number of rotatable bonds is 6. The van der Waals surface area contributed by atoms with Crippen LogP contribution in [0.1, 0.15) is 29.4 Å². The van der Waals surface area contributed by atoms with Crippen molar-refractivity contribution in [3.8, 4) is 10.8 Å². The summed E-state index contributed by atoms with van der Waals surface area (Å²) in [4.78, 5) is 15.5. The zero-order chi connectivity index (χ0) is 23.1. The molecule has 5 rings (SSSR count). The Bertz CT molecular complexity index is 1090. The molecular formula is C20H22F3N3O4S2. The van der Waals surface area contributed by atoms with Crippen LogP contribution >= 0.6 is 11.3 Å². The normalized spacial score (nSPS) is 25.4. The molecule has 7 nitrogen and oxygen atoms in total. The molecule has 2 N–H and O–H groups in total. The lowest BCUT2D eigenvalue weighted by molar-refractivity contribution is -0.0429. The average molecular weight is 490 g/mol. The molecule has 0 radical (unpaired) electrons. The molecule has 2 atom stereocenters. The molecule has 174 valence electrons. The number of ether oxygens (including phenoxy) is 1. The Hall–Kier alpha value is -2.31. The van der Waals surface area contributed by atoms with Crippen LogP contribution in [0.15, 0.2) is 36.4 Å². The van der Waals surface area contributed by atoms with Crippen LogP contribution in [-0.2, 0) is 10.0 Å². The number of hydrogen-bond donors (Lipinski definition) is 2. The fourth-order valence-electron chi connectivity index (χ4n) is 4.22. The number of hydrogen-bond acceptors (Lipinski definition) is 6. The maximum absolute atomic E-state index is 12.8. The Morgan fingerprint density at radius 2 is 1.84 bits per heavy atom. The van der Waals surface area contributed by atoms with Gasteiger partial charge >= 0.3 is 15.5 Å². The molecule has 3 aliphatic rings. The Morgan fingerprint density at radius 1 is 1.16 bits per heavy atom. The minimum Gasteiger partial charge on any atom is -0.444 e. The first kappa shape index (κ1) is 22.9. The summed E-state index contributed by atoms with van der Waals surface area (Å²) >= 11 is 1.03. The van der Waals surface area contributed by atoms with Crippen LogP contribution in [0, 0.1) is 5.92 Å². The van der Waals surface area contributed by atoms with E-state index < -0.39 is 15.5 Å². The molecule has 0 unspecified atom stereocenters. The van der Waals surface area contributed by atoms with Crippen LogP contribution in [0.5, 0.6) is 10.8 Å². The predicted molar refractivity (Wildman–Crippen MR) is 114 cm³/mol. The highest BCUT2D eigenvalue weighted by Crippen LogP contribution is 2.37. The highest BCUT2D eigenvalue weighted by atomic mass is 32.2. The Labute approximate surface area is 187 Å². The first-order chi connectivity index (χ1) is 15.0. The molecule has 1 amide bonds. The average Bonchev–Trinajstić information content (AvgIpc) is 3.20. The number of carbonyl (C=O) groups excluding carboxylic acids is 1. The number of anilines is 1. The molecular weight excluding hydrogens is 467 g/mol. The van der Waals surface area contributed by atoms with Gasteiger partial charge in [0, 0.05) is 12.1 Å². The van der Waals surface area contributed by atoms with E-state index in [9.17, 15) is 26.4 Å². The van der Waals surface area contributed by atoms with Crippen molar-refractivity contribution in [3.63, 3.8) is 0 Å². The number of amides is 1. The molecule has 32 heavy (non-hydrogen) atoms. The molecule has 3 aliphatic heterocycles. The van der Waals surface area contributed by atoms with Crippen molar-refractivity contribution < 1.29 is 31.1 Å². The van der Waals surface area contributed by atoms with Crippen molar-refractivity contribution in [1.29, 1.82) is 0 Å². The first-order valence-corrected chi connectivity index (χ1v) is 12.4. The second-order valence-corrected chi connectivity index (χ2v) is 10.6. The van der Waals surface area contributed by atoms with Gasteiger partial charge in [0.05, 0.1) is 10.6 Å². The molecule has 2 aromatic rings. The first-order valence-electron chi connectivity index (χ1n) is 10.1. The number of halogens is 3. The van der Waals surface area contributed by atoms with Crippen LogP contribution in [0.2, 0.25) is 0 Å². The van der Waals surface area contributed by atoms with Crippen LogP contribution in [-0.4, -0.2) is 49.9 Å². The number of fused-ring (bicyclic) bond motifs is 3. The summed E-state index contributed by atoms with van der Waals surface area (Å²) in [5.74, 6) is 0.102. The number of nitrogens with one attached hydrogen (secondary N) is 2. The second kappa shape index (κ2) is 8.56. The summed E-state index contributed by atoms with van der Waals surface area (Å²) < 4.78 is 68.1. The van der Waals surface area contributed by atoms with Gasteiger partial charge in [-0.1, -0.05) is 23.5 Å². The van der Waals surface area contributed by atoms with Gasteiger partial charge in [-0.05, 0) is 63.0 Å². The standard InChI is InChI=1S/C20H22F3N3O4S2/c1-12-18(13-8-10-26(12)11-9-13)24-19(27)16-6-7-17(31-16)30-15-5-3-2-4-14(15)25-32(28,29)20(21,22)23/h2-7,12-13,18,25H,8-11H2,1H3,(H,24,27)/t12-,18-/m0/s1. The van der Waals surface area contributed by atoms with Gasteiger partial charge in [0.25, 0.3) is 5.91 Å². The van der Waals surface area contributed by atoms with E-state index in [1.807, 2.05) is 0 Å². The van der Waals surface area contributed by atoms with Gasteiger partial charge in [-0.15, -0.1) is 0 Å². The lowest BCUT2D eigenvalue weighted by Gasteiger charge is -2.49. The van der Waals surface area contributed by atoms with Crippen molar-refractivity contribution >= 4 is 33.0 Å². The number of carbonyl (C=O) groups is 1. The van der Waals surface area contributed by atoms with Gasteiger partial charge < -0.3 is 10.1 Å². The molecule has 0 saturated carbocycles. The maximum Gasteiger partial charge on any atom is 0.516 e. The van der Waals surface area contributed by atoms with Crippen LogP contribution < -0.4 is 14.8 Å². The van der Waals surface area contributed by atoms with Crippen LogP contribution in [0.25, 0.3) is 0 Å². The van der Waals surface area contributed by atoms with E-state index >= 15 is 0 Å². The van der Waals surface area contributed by atoms with E-state index in [1.165, 1.54) is 29.0 Å². The van der Waals surface area contributed by atoms with E-state index in [1.54, 1.807) is 6.07 Å². The maximum atomic E-state index is 12.8. The van der Waals surface area contributed by atoms with E-state index in [2.05, 4.69) is 17.1 Å². The Morgan fingerprint density at radius 3 is 2.50 bits per heavy atom. The predicted octanol–water partition coefficient (Wildman–Crippen LogP) is 4.01. The van der Waals surface area contributed by atoms with Gasteiger partial charge in [0.2, 0.25) is 0 Å². The molecule has 3 fully saturated rings. The van der Waals surface area contributed by atoms with Crippen molar-refractivity contribution in [2.45, 2.75) is 37.4 Å². The van der Waals surface area contributed by atoms with Crippen LogP contribution in [0.4, 0.5) is 18.9 Å². The topological polar surface area (TPSA) is 87.7 Å². The van der Waals surface area contributed by atoms with Crippen molar-refractivity contribution in [2.24, 2.45) is 5.92 Å². The van der Waals surface area contributed by atoms with Gasteiger partial charge in [-0.2, -0.15) is 21.6 Å². The number of thiophene rings is 1. The van der Waals surface area contributed by atoms with Gasteiger partial charge in [-0.3, -0.25) is 14.4 Å². The van der Waals surface area contributed by atoms with E-state index in [-0.39, 0.29) is 34.5 Å². The zero-order valence-electron chi connectivity index (χ0n) is 17.1. The third-order valence-electron chi connectivity index (χ3n) is 5.93. The molecule has 0 aliphatic carbocycles. The minimum absolute atomic E-state index is 0.0639. The van der Waals surface area contributed by atoms with E-state index in [4.69, 9.17) is 4.74 Å². The number of nitrogens with zero attached hydrogens (tertiary/aromatic N) is 1. The SMILES string of the molecule is C[C@H]1[C@H](NC(=O)c2ccc(Oc3ccccc3NS(=O)(=O)C(F)(F)F)s2)C2CCN1CC2. The highest BCUT2D eigenvalue weighted by molar-refractivity contribution is 7.93. The molecule has 2 bridgehead atoms. The van der Waals surface area contributed by atoms with Crippen LogP contribution in [0.3, 0.4) is 0 Å². The molecule has 4 heterocycles. The fourth-order valence-corrected chi connectivity index (χ4v) is 5.56. The summed E-state index contributed by atoms with van der Waals surface area (Å²) in [5, 5.41) is 3.36. The number of sulfonamides is 1. The number of piperidine rings is 3. The third kappa shape index (κ3) is 4.57. The molecule has 0 spiro atoms. The quantitative estimate of drug-likeness (QED) is 0.640. The molecule has 1 aromatic heterocycles. The minimum atomic E-state index is -5.59. The van der Waals surface area contributed by atoms with E-state index in [0.717, 1.165) is 43.3 Å². The van der Waals surface area contributed by atoms with E-state index in [0.29, 0.717) is 10.8 Å². The third-order valence-corrected chi connectivity index (χ3v) is 7.99. The Kier molecular flexibility index (Phi) is 6.12. The molecule has 1 aromatic carbocycles. The Balaban J connectivity index is 1.46. The van der Waals surface area contributed by atoms with Gasteiger partial charge in [0.15, 0.2) is 10.8 Å². The molecule has 12 heteroatoms. The lowest BCUT2D eigenvalue weighted by Crippen LogP contribution is -2.62. The monoisotopic (exact) mass is 489 g/mol. The number of para-hydroxylation sites is 2. The van der Waals surface area contributed by atoms with Crippen molar-refractivity contribution in [1.82, 2.24) is 10.2 Å².